The van der Waals surface area contributed by atoms with Gasteiger partial charge >= 0.3 is 5.97 Å². The first kappa shape index (κ1) is 19.6. The molecule has 0 aliphatic carbocycles. The van der Waals surface area contributed by atoms with Crippen LogP contribution < -0.4 is 5.32 Å². The number of hydrogen-bond acceptors (Lipinski definition) is 5. The van der Waals surface area contributed by atoms with Gasteiger partial charge in [-0.1, -0.05) is 48.5 Å². The summed E-state index contributed by atoms with van der Waals surface area (Å²) in [5, 5.41) is 4.58. The highest BCUT2D eigenvalue weighted by Gasteiger charge is 2.24. The Morgan fingerprint density at radius 2 is 1.57 bits per heavy atom. The monoisotopic (exact) mass is 397 g/mol. The van der Waals surface area contributed by atoms with E-state index in [-0.39, 0.29) is 10.5 Å². The first-order valence-electron chi connectivity index (χ1n) is 8.56. The molecule has 0 aliphatic rings. The lowest BCUT2D eigenvalue weighted by Crippen LogP contribution is -2.30. The molecule has 0 spiro atoms. The summed E-state index contributed by atoms with van der Waals surface area (Å²) in [4.78, 5) is 24.8. The number of esters is 1. The summed E-state index contributed by atoms with van der Waals surface area (Å²) in [6, 6.07) is 18.8. The Kier molecular flexibility index (Phi) is 5.46. The minimum atomic E-state index is -3.61. The topological polar surface area (TPSA) is 89.5 Å². The number of carbonyl (C=O) groups excluding carboxylic acids is 2. The molecule has 0 unspecified atom stereocenters. The molecule has 28 heavy (non-hydrogen) atoms. The van der Waals surface area contributed by atoms with E-state index in [1.165, 1.54) is 31.2 Å². The van der Waals surface area contributed by atoms with E-state index in [0.29, 0.717) is 5.69 Å². The van der Waals surface area contributed by atoms with E-state index in [2.05, 4.69) is 5.32 Å². The summed E-state index contributed by atoms with van der Waals surface area (Å²) in [6.45, 7) is 1.43. The largest absolute Gasteiger partial charge is 0.449 e. The van der Waals surface area contributed by atoms with Crippen LogP contribution in [-0.2, 0) is 19.4 Å². The fourth-order valence-corrected chi connectivity index (χ4v) is 3.68. The molecular weight excluding hydrogens is 378 g/mol. The van der Waals surface area contributed by atoms with Crippen LogP contribution in [0.1, 0.15) is 17.3 Å². The highest BCUT2D eigenvalue weighted by molar-refractivity contribution is 7.90. The lowest BCUT2D eigenvalue weighted by molar-refractivity contribution is -0.123. The van der Waals surface area contributed by atoms with Gasteiger partial charge in [0.05, 0.1) is 10.5 Å². The predicted octanol–water partition coefficient (Wildman–Crippen LogP) is 3.43. The van der Waals surface area contributed by atoms with Crippen LogP contribution in [0.5, 0.6) is 0 Å². The average molecular weight is 397 g/mol. The van der Waals surface area contributed by atoms with Gasteiger partial charge in [0.1, 0.15) is 0 Å². The van der Waals surface area contributed by atoms with Crippen LogP contribution in [-0.4, -0.2) is 32.7 Å². The van der Waals surface area contributed by atoms with Gasteiger partial charge in [0.15, 0.2) is 15.9 Å². The van der Waals surface area contributed by atoms with Crippen molar-refractivity contribution in [3.63, 3.8) is 0 Å². The molecule has 3 aromatic carbocycles. The van der Waals surface area contributed by atoms with E-state index in [4.69, 9.17) is 4.74 Å². The maximum atomic E-state index is 12.5. The van der Waals surface area contributed by atoms with Crippen molar-refractivity contribution in [2.45, 2.75) is 17.9 Å². The zero-order valence-corrected chi connectivity index (χ0v) is 16.2. The van der Waals surface area contributed by atoms with Crippen molar-refractivity contribution in [1.29, 1.82) is 0 Å². The van der Waals surface area contributed by atoms with E-state index in [1.54, 1.807) is 6.07 Å². The molecular formula is C21H19NO5S. The smallest absolute Gasteiger partial charge is 0.340 e. The summed E-state index contributed by atoms with van der Waals surface area (Å²) in [5.41, 5.74) is 0.498. The molecule has 3 rings (SSSR count). The van der Waals surface area contributed by atoms with E-state index < -0.39 is 27.8 Å². The Hall–Kier alpha value is -3.19. The molecule has 0 saturated heterocycles. The number of carbonyl (C=O) groups is 2. The molecule has 7 heteroatoms. The molecule has 0 aliphatic heterocycles. The maximum Gasteiger partial charge on any atom is 0.340 e. The summed E-state index contributed by atoms with van der Waals surface area (Å²) >= 11 is 0. The first-order chi connectivity index (χ1) is 13.3. The number of benzene rings is 3. The zero-order chi connectivity index (χ0) is 20.3. The van der Waals surface area contributed by atoms with Crippen LogP contribution in [0.4, 0.5) is 5.69 Å². The van der Waals surface area contributed by atoms with E-state index in [0.717, 1.165) is 17.0 Å². The number of sulfone groups is 1. The van der Waals surface area contributed by atoms with Crippen molar-refractivity contribution in [1.82, 2.24) is 0 Å². The minimum Gasteiger partial charge on any atom is -0.449 e. The van der Waals surface area contributed by atoms with Crippen molar-refractivity contribution in [2.24, 2.45) is 0 Å². The van der Waals surface area contributed by atoms with Crippen molar-refractivity contribution >= 4 is 38.2 Å². The number of hydrogen-bond donors (Lipinski definition) is 1. The van der Waals surface area contributed by atoms with Crippen molar-refractivity contribution in [3.05, 3.63) is 72.3 Å². The van der Waals surface area contributed by atoms with Crippen LogP contribution in [0.15, 0.2) is 71.6 Å². The molecule has 1 atom stereocenters. The molecule has 144 valence electrons. The SMILES string of the molecule is C[C@H](OC(=O)c1ccccc1S(C)(=O)=O)C(=O)Nc1cccc2ccccc12. The Labute approximate surface area is 163 Å². The highest BCUT2D eigenvalue weighted by Crippen LogP contribution is 2.23. The van der Waals surface area contributed by atoms with E-state index in [9.17, 15) is 18.0 Å². The third kappa shape index (κ3) is 4.20. The van der Waals surface area contributed by atoms with Crippen molar-refractivity contribution in [2.75, 3.05) is 11.6 Å². The van der Waals surface area contributed by atoms with Crippen molar-refractivity contribution in [3.8, 4) is 0 Å². The fourth-order valence-electron chi connectivity index (χ4n) is 2.80. The minimum absolute atomic E-state index is 0.102. The quantitative estimate of drug-likeness (QED) is 0.666. The molecule has 3 aromatic rings. The number of anilines is 1. The summed E-state index contributed by atoms with van der Waals surface area (Å²) < 4.78 is 28.9. The molecule has 0 heterocycles. The van der Waals surface area contributed by atoms with E-state index in [1.807, 2.05) is 36.4 Å². The second kappa shape index (κ2) is 7.82. The number of fused-ring (bicyclic) bond motifs is 1. The van der Waals surface area contributed by atoms with Crippen LogP contribution in [0, 0.1) is 0 Å². The molecule has 0 aromatic heterocycles. The summed E-state index contributed by atoms with van der Waals surface area (Å²) in [5.74, 6) is -1.39. The molecule has 0 bridgehead atoms. The molecule has 0 saturated carbocycles. The second-order valence-corrected chi connectivity index (χ2v) is 8.32. The van der Waals surface area contributed by atoms with Gasteiger partial charge in [-0.25, -0.2) is 13.2 Å². The molecule has 6 nitrogen and oxygen atoms in total. The van der Waals surface area contributed by atoms with Crippen LogP contribution >= 0.6 is 0 Å². The second-order valence-electron chi connectivity index (χ2n) is 6.33. The molecule has 0 radical (unpaired) electrons. The maximum absolute atomic E-state index is 12.5. The highest BCUT2D eigenvalue weighted by atomic mass is 32.2. The Morgan fingerprint density at radius 1 is 0.929 bits per heavy atom. The van der Waals surface area contributed by atoms with Crippen LogP contribution in [0.25, 0.3) is 10.8 Å². The third-order valence-electron chi connectivity index (χ3n) is 4.21. The zero-order valence-electron chi connectivity index (χ0n) is 15.4. The van der Waals surface area contributed by atoms with Gasteiger partial charge in [-0.3, -0.25) is 4.79 Å². The van der Waals surface area contributed by atoms with Gasteiger partial charge < -0.3 is 10.1 Å². The fraction of sp³-hybridized carbons (Fsp3) is 0.143. The number of rotatable bonds is 5. The Morgan fingerprint density at radius 3 is 2.32 bits per heavy atom. The Bertz CT molecular complexity index is 1150. The molecule has 1 amide bonds. The Balaban J connectivity index is 1.77. The van der Waals surface area contributed by atoms with Gasteiger partial charge in [0.25, 0.3) is 5.91 Å². The number of nitrogens with one attached hydrogen (secondary N) is 1. The molecule has 0 fully saturated rings. The normalized spacial score (nSPS) is 12.4. The van der Waals surface area contributed by atoms with Crippen molar-refractivity contribution < 1.29 is 22.7 Å². The van der Waals surface area contributed by atoms with Gasteiger partial charge in [-0.2, -0.15) is 0 Å². The van der Waals surface area contributed by atoms with Gasteiger partial charge in [-0.05, 0) is 30.5 Å². The lowest BCUT2D eigenvalue weighted by Gasteiger charge is -2.15. The van der Waals surface area contributed by atoms with Gasteiger partial charge in [0.2, 0.25) is 0 Å². The standard InChI is InChI=1S/C21H19NO5S/c1-14(27-21(24)17-11-5-6-13-19(17)28(2,25)26)20(23)22-18-12-7-9-15-8-3-4-10-16(15)18/h3-14H,1-2H3,(H,22,23)/t14-/m0/s1. The van der Waals surface area contributed by atoms with Crippen LogP contribution in [0.2, 0.25) is 0 Å². The number of ether oxygens (including phenoxy) is 1. The predicted molar refractivity (Wildman–Crippen MR) is 107 cm³/mol. The van der Waals surface area contributed by atoms with Gasteiger partial charge in [-0.15, -0.1) is 0 Å². The van der Waals surface area contributed by atoms with Crippen LogP contribution in [0.3, 0.4) is 0 Å². The third-order valence-corrected chi connectivity index (χ3v) is 5.36. The van der Waals surface area contributed by atoms with Gasteiger partial charge in [0, 0.05) is 17.3 Å². The summed E-state index contributed by atoms with van der Waals surface area (Å²) in [6.07, 6.45) is -0.102. The average Bonchev–Trinajstić information content (AvgIpc) is 2.67. The number of amides is 1. The lowest BCUT2D eigenvalue weighted by atomic mass is 10.1. The van der Waals surface area contributed by atoms with E-state index >= 15 is 0 Å². The summed E-state index contributed by atoms with van der Waals surface area (Å²) in [7, 11) is -3.61. The first-order valence-corrected chi connectivity index (χ1v) is 10.4. The molecule has 1 N–H and O–H groups in total.